The van der Waals surface area contributed by atoms with Crippen LogP contribution >= 0.6 is 0 Å². The lowest BCUT2D eigenvalue weighted by Crippen LogP contribution is -2.04. The number of fused-ring (bicyclic) bond motifs is 1. The second kappa shape index (κ2) is 7.45. The zero-order valence-corrected chi connectivity index (χ0v) is 14.8. The van der Waals surface area contributed by atoms with Crippen molar-refractivity contribution in [2.45, 2.75) is 0 Å². The molecule has 10 heteroatoms. The predicted octanol–water partition coefficient (Wildman–Crippen LogP) is 2.17. The fourth-order valence-electron chi connectivity index (χ4n) is 2.60. The van der Waals surface area contributed by atoms with Gasteiger partial charge in [-0.25, -0.2) is 14.3 Å². The van der Waals surface area contributed by atoms with Gasteiger partial charge in [-0.2, -0.15) is 10.1 Å². The van der Waals surface area contributed by atoms with Gasteiger partial charge in [0.25, 0.3) is 0 Å². The Hall–Kier alpha value is -3.79. The zero-order valence-electron chi connectivity index (χ0n) is 14.8. The monoisotopic (exact) mass is 381 g/mol. The molecule has 0 amide bonds. The number of hydrogen-bond acceptors (Lipinski definition) is 8. The number of carboxylic acids is 1. The number of hydrogen-bond donors (Lipinski definition) is 1. The summed E-state index contributed by atoms with van der Waals surface area (Å²) in [5, 5.41) is 17.0. The van der Waals surface area contributed by atoms with Crippen LogP contribution < -0.4 is 4.74 Å². The molecule has 4 rings (SSSR count). The van der Waals surface area contributed by atoms with E-state index in [0.29, 0.717) is 35.9 Å². The minimum Gasteiger partial charge on any atom is -0.491 e. The van der Waals surface area contributed by atoms with Crippen molar-refractivity contribution in [3.63, 3.8) is 0 Å². The van der Waals surface area contributed by atoms with E-state index < -0.39 is 11.9 Å². The molecule has 142 valence electrons. The minimum atomic E-state index is -1.29. The zero-order chi connectivity index (χ0) is 19.5. The molecular weight excluding hydrogens is 366 g/mol. The average Bonchev–Trinajstić information content (AvgIpc) is 3.35. The van der Waals surface area contributed by atoms with E-state index in [1.165, 1.54) is 0 Å². The van der Waals surface area contributed by atoms with E-state index in [0.717, 1.165) is 5.56 Å². The number of rotatable bonds is 7. The number of nitrogens with zero attached hydrogens (tertiary/aromatic N) is 5. The van der Waals surface area contributed by atoms with E-state index in [1.807, 2.05) is 12.1 Å². The molecule has 1 N–H and O–H groups in total. The van der Waals surface area contributed by atoms with Gasteiger partial charge < -0.3 is 19.1 Å². The predicted molar refractivity (Wildman–Crippen MR) is 96.0 cm³/mol. The molecule has 0 saturated carbocycles. The van der Waals surface area contributed by atoms with Gasteiger partial charge >= 0.3 is 11.9 Å². The van der Waals surface area contributed by atoms with Crippen LogP contribution in [0.3, 0.4) is 0 Å². The average molecular weight is 381 g/mol. The van der Waals surface area contributed by atoms with Crippen LogP contribution in [0.25, 0.3) is 28.3 Å². The van der Waals surface area contributed by atoms with Gasteiger partial charge in [-0.05, 0) is 30.3 Å². The molecular formula is C18H15N5O5. The first-order valence-corrected chi connectivity index (χ1v) is 8.29. The fourth-order valence-corrected chi connectivity index (χ4v) is 2.60. The minimum absolute atomic E-state index is 0.137. The van der Waals surface area contributed by atoms with E-state index in [2.05, 4.69) is 20.2 Å². The van der Waals surface area contributed by atoms with Gasteiger partial charge in [0.2, 0.25) is 5.82 Å². The van der Waals surface area contributed by atoms with E-state index in [4.69, 9.17) is 19.1 Å². The van der Waals surface area contributed by atoms with Gasteiger partial charge in [-0.3, -0.25) is 0 Å². The number of ether oxygens (including phenoxy) is 2. The van der Waals surface area contributed by atoms with Gasteiger partial charge in [0.1, 0.15) is 12.4 Å². The van der Waals surface area contributed by atoms with Crippen molar-refractivity contribution in [3.8, 4) is 28.4 Å². The number of aromatic nitrogens is 5. The Morgan fingerprint density at radius 2 is 2.07 bits per heavy atom. The molecule has 0 spiro atoms. The Morgan fingerprint density at radius 3 is 2.82 bits per heavy atom. The Labute approximate surface area is 158 Å². The lowest BCUT2D eigenvalue weighted by atomic mass is 10.1. The van der Waals surface area contributed by atoms with Crippen LogP contribution in [0.5, 0.6) is 5.75 Å². The largest absolute Gasteiger partial charge is 0.491 e. The number of methoxy groups -OCH3 is 1. The van der Waals surface area contributed by atoms with E-state index in [9.17, 15) is 4.79 Å². The molecule has 3 heterocycles. The summed E-state index contributed by atoms with van der Waals surface area (Å²) in [6, 6.07) is 8.94. The molecule has 0 aliphatic rings. The maximum Gasteiger partial charge on any atom is 0.394 e. The normalized spacial score (nSPS) is 11.0. The van der Waals surface area contributed by atoms with Gasteiger partial charge in [0.05, 0.1) is 18.5 Å². The van der Waals surface area contributed by atoms with Crippen LogP contribution in [0.15, 0.2) is 47.2 Å². The lowest BCUT2D eigenvalue weighted by Gasteiger charge is -2.09. The number of carboxylic acid groups (broad SMARTS) is 1. The van der Waals surface area contributed by atoms with Crippen molar-refractivity contribution in [2.75, 3.05) is 20.3 Å². The number of carbonyl (C=O) groups is 1. The van der Waals surface area contributed by atoms with Crippen molar-refractivity contribution in [2.24, 2.45) is 0 Å². The molecule has 10 nitrogen and oxygen atoms in total. The summed E-state index contributed by atoms with van der Waals surface area (Å²) < 4.78 is 17.1. The molecule has 0 fully saturated rings. The standard InChI is InChI=1S/C18H15N5O5/c1-26-5-6-27-13-8-11(14-10-23-15(20-14)3-2-4-19-23)7-12(9-13)16-21-17(18(24)25)28-22-16/h2-4,7-10H,5-6H2,1H3,(H,24,25). The Morgan fingerprint density at radius 1 is 1.21 bits per heavy atom. The van der Waals surface area contributed by atoms with E-state index in [1.54, 1.807) is 42.2 Å². The third-order valence-electron chi connectivity index (χ3n) is 3.86. The summed E-state index contributed by atoms with van der Waals surface area (Å²) in [6.45, 7) is 0.766. The van der Waals surface area contributed by atoms with E-state index in [-0.39, 0.29) is 5.82 Å². The van der Waals surface area contributed by atoms with Crippen molar-refractivity contribution in [1.29, 1.82) is 0 Å². The molecule has 0 atom stereocenters. The molecule has 0 saturated heterocycles. The lowest BCUT2D eigenvalue weighted by molar-refractivity contribution is 0.0643. The Bertz CT molecular complexity index is 1100. The summed E-state index contributed by atoms with van der Waals surface area (Å²) in [7, 11) is 1.58. The van der Waals surface area contributed by atoms with Gasteiger partial charge in [-0.1, -0.05) is 5.16 Å². The number of aromatic carboxylic acids is 1. The summed E-state index contributed by atoms with van der Waals surface area (Å²) in [6.07, 6.45) is 3.45. The first-order valence-electron chi connectivity index (χ1n) is 8.29. The third kappa shape index (κ3) is 3.53. The molecule has 0 aliphatic heterocycles. The fraction of sp³-hybridized carbons (Fsp3) is 0.167. The van der Waals surface area contributed by atoms with Crippen LogP contribution in [-0.2, 0) is 4.74 Å². The molecule has 4 aromatic rings. The first-order chi connectivity index (χ1) is 13.6. The summed E-state index contributed by atoms with van der Waals surface area (Å²) in [5.41, 5.74) is 2.62. The van der Waals surface area contributed by atoms with Gasteiger partial charge in [-0.15, -0.1) is 0 Å². The molecule has 3 aromatic heterocycles. The highest BCUT2D eigenvalue weighted by molar-refractivity contribution is 5.82. The SMILES string of the molecule is COCCOc1cc(-c2cn3ncccc3n2)cc(-c2noc(C(=O)O)n2)c1. The maximum atomic E-state index is 11.0. The molecule has 0 aliphatic carbocycles. The van der Waals surface area contributed by atoms with Crippen LogP contribution in [-0.4, -0.2) is 56.1 Å². The highest BCUT2D eigenvalue weighted by atomic mass is 16.5. The van der Waals surface area contributed by atoms with Crippen LogP contribution in [0.4, 0.5) is 0 Å². The third-order valence-corrected chi connectivity index (χ3v) is 3.86. The second-order valence-corrected chi connectivity index (χ2v) is 5.77. The molecule has 0 bridgehead atoms. The van der Waals surface area contributed by atoms with E-state index >= 15 is 0 Å². The molecule has 1 aromatic carbocycles. The molecule has 0 radical (unpaired) electrons. The summed E-state index contributed by atoms with van der Waals surface area (Å²) in [4.78, 5) is 19.5. The second-order valence-electron chi connectivity index (χ2n) is 5.77. The Kier molecular flexibility index (Phi) is 4.68. The van der Waals surface area contributed by atoms with Crippen LogP contribution in [0.1, 0.15) is 10.7 Å². The molecule has 28 heavy (non-hydrogen) atoms. The van der Waals surface area contributed by atoms with Crippen molar-refractivity contribution < 1.29 is 23.9 Å². The first kappa shape index (κ1) is 17.6. The summed E-state index contributed by atoms with van der Waals surface area (Å²) in [5.74, 6) is -1.11. The van der Waals surface area contributed by atoms with Crippen LogP contribution in [0.2, 0.25) is 0 Å². The summed E-state index contributed by atoms with van der Waals surface area (Å²) >= 11 is 0. The van der Waals surface area contributed by atoms with Crippen molar-refractivity contribution in [1.82, 2.24) is 24.7 Å². The van der Waals surface area contributed by atoms with Crippen molar-refractivity contribution >= 4 is 11.6 Å². The Balaban J connectivity index is 1.77. The number of benzene rings is 1. The van der Waals surface area contributed by atoms with Gasteiger partial charge in [0, 0.05) is 24.4 Å². The highest BCUT2D eigenvalue weighted by Crippen LogP contribution is 2.30. The topological polar surface area (TPSA) is 125 Å². The van der Waals surface area contributed by atoms with Crippen molar-refractivity contribution in [3.05, 3.63) is 48.6 Å². The number of imidazole rings is 1. The quantitative estimate of drug-likeness (QED) is 0.479. The highest BCUT2D eigenvalue weighted by Gasteiger charge is 2.17. The smallest absolute Gasteiger partial charge is 0.394 e. The van der Waals surface area contributed by atoms with Gasteiger partial charge in [0.15, 0.2) is 5.65 Å². The molecule has 0 unspecified atom stereocenters. The van der Waals surface area contributed by atoms with Crippen LogP contribution in [0, 0.1) is 0 Å². The maximum absolute atomic E-state index is 11.0.